The van der Waals surface area contributed by atoms with Gasteiger partial charge in [0.05, 0.1) is 12.5 Å². The molecule has 0 aliphatic rings. The molecule has 1 N–H and O–H groups in total. The monoisotopic (exact) mass is 244 g/mol. The van der Waals surface area contributed by atoms with Gasteiger partial charge in [0, 0.05) is 7.05 Å². The number of aromatic nitrogens is 5. The van der Waals surface area contributed by atoms with Crippen molar-refractivity contribution in [2.24, 2.45) is 7.05 Å². The van der Waals surface area contributed by atoms with E-state index in [1.54, 1.807) is 18.8 Å². The SMILES string of the molecule is CC(Nc1ncnc2c1ncn2C)c1ncco1. The Hall–Kier alpha value is -2.44. The number of oxazole rings is 1. The van der Waals surface area contributed by atoms with E-state index in [9.17, 15) is 0 Å². The van der Waals surface area contributed by atoms with Gasteiger partial charge in [-0.15, -0.1) is 0 Å². The molecule has 0 aliphatic heterocycles. The highest BCUT2D eigenvalue weighted by Gasteiger charge is 2.14. The zero-order valence-corrected chi connectivity index (χ0v) is 10.0. The molecule has 0 aliphatic carbocycles. The molecule has 0 spiro atoms. The molecule has 0 saturated heterocycles. The number of fused-ring (bicyclic) bond motifs is 1. The summed E-state index contributed by atoms with van der Waals surface area (Å²) >= 11 is 0. The molecule has 18 heavy (non-hydrogen) atoms. The Morgan fingerprint density at radius 1 is 1.28 bits per heavy atom. The smallest absolute Gasteiger partial charge is 0.216 e. The number of hydrogen-bond acceptors (Lipinski definition) is 6. The van der Waals surface area contributed by atoms with Crippen LogP contribution in [0, 0.1) is 0 Å². The van der Waals surface area contributed by atoms with Crippen LogP contribution in [0.25, 0.3) is 11.2 Å². The number of rotatable bonds is 3. The number of nitrogens with one attached hydrogen (secondary N) is 1. The fourth-order valence-electron chi connectivity index (χ4n) is 1.77. The van der Waals surface area contributed by atoms with Crippen LogP contribution in [0.2, 0.25) is 0 Å². The van der Waals surface area contributed by atoms with Crippen LogP contribution in [0.15, 0.2) is 29.5 Å². The van der Waals surface area contributed by atoms with E-state index >= 15 is 0 Å². The number of imidazole rings is 1. The zero-order chi connectivity index (χ0) is 12.5. The van der Waals surface area contributed by atoms with Crippen LogP contribution in [0.3, 0.4) is 0 Å². The van der Waals surface area contributed by atoms with Crippen LogP contribution in [0.4, 0.5) is 5.82 Å². The number of anilines is 1. The van der Waals surface area contributed by atoms with E-state index < -0.39 is 0 Å². The lowest BCUT2D eigenvalue weighted by Gasteiger charge is -2.10. The van der Waals surface area contributed by atoms with Crippen molar-refractivity contribution >= 4 is 17.0 Å². The summed E-state index contributed by atoms with van der Waals surface area (Å²) in [5, 5.41) is 3.22. The van der Waals surface area contributed by atoms with Gasteiger partial charge >= 0.3 is 0 Å². The fraction of sp³-hybridized carbons (Fsp3) is 0.273. The summed E-state index contributed by atoms with van der Waals surface area (Å²) in [7, 11) is 1.89. The van der Waals surface area contributed by atoms with Crippen molar-refractivity contribution in [1.29, 1.82) is 0 Å². The average molecular weight is 244 g/mol. The van der Waals surface area contributed by atoms with Gasteiger partial charge in [-0.3, -0.25) is 0 Å². The van der Waals surface area contributed by atoms with Crippen molar-refractivity contribution in [3.05, 3.63) is 31.0 Å². The Labute approximate surface area is 103 Å². The number of nitrogens with zero attached hydrogens (tertiary/aromatic N) is 5. The lowest BCUT2D eigenvalue weighted by Crippen LogP contribution is -2.09. The van der Waals surface area contributed by atoms with Gasteiger partial charge in [0.15, 0.2) is 11.5 Å². The van der Waals surface area contributed by atoms with Gasteiger partial charge in [0.1, 0.15) is 24.1 Å². The summed E-state index contributed by atoms with van der Waals surface area (Å²) in [6, 6.07) is -0.0832. The highest BCUT2D eigenvalue weighted by molar-refractivity contribution is 5.82. The molecule has 1 unspecified atom stereocenters. The summed E-state index contributed by atoms with van der Waals surface area (Å²) in [6.45, 7) is 1.95. The molecule has 3 rings (SSSR count). The van der Waals surface area contributed by atoms with E-state index in [4.69, 9.17) is 4.42 Å². The Kier molecular flexibility index (Phi) is 2.44. The maximum absolute atomic E-state index is 5.24. The minimum absolute atomic E-state index is 0.0832. The second kappa shape index (κ2) is 4.10. The third-order valence-corrected chi connectivity index (χ3v) is 2.67. The lowest BCUT2D eigenvalue weighted by atomic mass is 10.3. The molecule has 0 fully saturated rings. The van der Waals surface area contributed by atoms with Gasteiger partial charge in [-0.05, 0) is 6.92 Å². The van der Waals surface area contributed by atoms with Crippen molar-refractivity contribution in [2.75, 3.05) is 5.32 Å². The number of hydrogen-bond donors (Lipinski definition) is 1. The average Bonchev–Trinajstić information content (AvgIpc) is 3.00. The van der Waals surface area contributed by atoms with Crippen molar-refractivity contribution < 1.29 is 4.42 Å². The molecule has 3 heterocycles. The first-order valence-corrected chi connectivity index (χ1v) is 5.53. The van der Waals surface area contributed by atoms with Crippen LogP contribution >= 0.6 is 0 Å². The Morgan fingerprint density at radius 2 is 2.17 bits per heavy atom. The van der Waals surface area contributed by atoms with Gasteiger partial charge in [0.25, 0.3) is 0 Å². The third-order valence-electron chi connectivity index (χ3n) is 2.67. The topological polar surface area (TPSA) is 81.7 Å². The summed E-state index contributed by atoms with van der Waals surface area (Å²) in [5.74, 6) is 1.28. The van der Waals surface area contributed by atoms with Gasteiger partial charge in [0.2, 0.25) is 5.89 Å². The second-order valence-corrected chi connectivity index (χ2v) is 3.99. The first kappa shape index (κ1) is 10.7. The molecular weight excluding hydrogens is 232 g/mol. The van der Waals surface area contributed by atoms with Crippen LogP contribution in [0.5, 0.6) is 0 Å². The van der Waals surface area contributed by atoms with Crippen LogP contribution in [-0.4, -0.2) is 24.5 Å². The molecule has 7 heteroatoms. The first-order valence-electron chi connectivity index (χ1n) is 5.53. The molecule has 3 aromatic heterocycles. The van der Waals surface area contributed by atoms with Gasteiger partial charge in [-0.2, -0.15) is 0 Å². The highest BCUT2D eigenvalue weighted by atomic mass is 16.3. The van der Waals surface area contributed by atoms with Crippen molar-refractivity contribution in [3.63, 3.8) is 0 Å². The van der Waals surface area contributed by atoms with Gasteiger partial charge in [-0.25, -0.2) is 19.9 Å². The minimum Gasteiger partial charge on any atom is -0.447 e. The summed E-state index contributed by atoms with van der Waals surface area (Å²) in [5.41, 5.74) is 1.52. The Morgan fingerprint density at radius 3 is 2.94 bits per heavy atom. The maximum atomic E-state index is 5.24. The highest BCUT2D eigenvalue weighted by Crippen LogP contribution is 2.21. The van der Waals surface area contributed by atoms with E-state index in [1.807, 2.05) is 18.5 Å². The molecule has 1 atom stereocenters. The molecule has 0 saturated carbocycles. The van der Waals surface area contributed by atoms with Gasteiger partial charge in [-0.1, -0.05) is 0 Å². The number of aryl methyl sites for hydroxylation is 1. The van der Waals surface area contributed by atoms with Crippen LogP contribution < -0.4 is 5.32 Å². The molecule has 0 radical (unpaired) electrons. The zero-order valence-electron chi connectivity index (χ0n) is 10.0. The molecule has 0 bridgehead atoms. The normalized spacial score (nSPS) is 12.8. The molecule has 7 nitrogen and oxygen atoms in total. The van der Waals surface area contributed by atoms with Crippen LogP contribution in [-0.2, 0) is 7.05 Å². The Balaban J connectivity index is 1.95. The Bertz CT molecular complexity index is 659. The van der Waals surface area contributed by atoms with E-state index in [-0.39, 0.29) is 6.04 Å². The summed E-state index contributed by atoms with van der Waals surface area (Å²) in [4.78, 5) is 16.8. The van der Waals surface area contributed by atoms with E-state index in [0.29, 0.717) is 11.7 Å². The maximum Gasteiger partial charge on any atom is 0.216 e. The van der Waals surface area contributed by atoms with Gasteiger partial charge < -0.3 is 14.3 Å². The van der Waals surface area contributed by atoms with Crippen molar-refractivity contribution in [2.45, 2.75) is 13.0 Å². The quantitative estimate of drug-likeness (QED) is 0.752. The minimum atomic E-state index is -0.0832. The first-order chi connectivity index (χ1) is 8.75. The third kappa shape index (κ3) is 1.69. The van der Waals surface area contributed by atoms with Crippen molar-refractivity contribution in [3.8, 4) is 0 Å². The van der Waals surface area contributed by atoms with Crippen molar-refractivity contribution in [1.82, 2.24) is 24.5 Å². The predicted octanol–water partition coefficient (Wildman–Crippen LogP) is 1.52. The summed E-state index contributed by atoms with van der Waals surface area (Å²) < 4.78 is 7.09. The molecule has 0 aromatic carbocycles. The van der Waals surface area contributed by atoms with Crippen LogP contribution in [0.1, 0.15) is 18.9 Å². The largest absolute Gasteiger partial charge is 0.447 e. The standard InChI is InChI=1S/C11H12N6O/c1-7(11-12-3-4-18-11)16-9-8-10(14-5-13-9)17(2)6-15-8/h3-7H,1-2H3,(H,13,14,16). The molecule has 3 aromatic rings. The molecule has 92 valence electrons. The second-order valence-electron chi connectivity index (χ2n) is 3.99. The summed E-state index contributed by atoms with van der Waals surface area (Å²) in [6.07, 6.45) is 6.38. The van der Waals surface area contributed by atoms with E-state index in [2.05, 4.69) is 25.3 Å². The predicted molar refractivity (Wildman–Crippen MR) is 64.8 cm³/mol. The van der Waals surface area contributed by atoms with E-state index in [0.717, 1.165) is 11.2 Å². The molecular formula is C11H12N6O. The fourth-order valence-corrected chi connectivity index (χ4v) is 1.77. The molecule has 0 amide bonds. The van der Waals surface area contributed by atoms with E-state index in [1.165, 1.54) is 6.33 Å². The lowest BCUT2D eigenvalue weighted by molar-refractivity contribution is 0.474.